The molecule has 0 saturated heterocycles. The monoisotopic (exact) mass is 313 g/mol. The van der Waals surface area contributed by atoms with Crippen LogP contribution in [0, 0.1) is 5.82 Å². The highest BCUT2D eigenvalue weighted by molar-refractivity contribution is 6.32. The molecular weight excluding hydrogens is 300 g/mol. The minimum Gasteiger partial charge on any atom is -0.456 e. The molecule has 2 nitrogen and oxygen atoms in total. The molecule has 2 aromatic carbocycles. The van der Waals surface area contributed by atoms with Gasteiger partial charge in [-0.25, -0.2) is 4.39 Å². The van der Waals surface area contributed by atoms with E-state index >= 15 is 0 Å². The normalized spacial score (nSPS) is 12.2. The molecule has 0 aliphatic heterocycles. The minimum atomic E-state index is -0.410. The lowest BCUT2D eigenvalue weighted by atomic mass is 10.1. The highest BCUT2D eigenvalue weighted by Crippen LogP contribution is 2.32. The molecule has 2 N–H and O–H groups in total. The fraction of sp³-hybridized carbons (Fsp3) is 0.200. The Morgan fingerprint density at radius 1 is 1.15 bits per heavy atom. The summed E-state index contributed by atoms with van der Waals surface area (Å²) in [4.78, 5) is 0. The largest absolute Gasteiger partial charge is 0.456 e. The van der Waals surface area contributed by atoms with Crippen LogP contribution in [-0.4, -0.2) is 6.04 Å². The van der Waals surface area contributed by atoms with Crippen molar-refractivity contribution in [2.24, 2.45) is 5.73 Å². The number of halogens is 3. The van der Waals surface area contributed by atoms with Crippen molar-refractivity contribution in [1.82, 2.24) is 0 Å². The van der Waals surface area contributed by atoms with Gasteiger partial charge in [0.05, 0.1) is 5.02 Å². The molecule has 0 aromatic heterocycles. The van der Waals surface area contributed by atoms with Crippen LogP contribution < -0.4 is 10.5 Å². The van der Waals surface area contributed by atoms with Crippen LogP contribution in [0.5, 0.6) is 11.5 Å². The van der Waals surface area contributed by atoms with Crippen LogP contribution in [0.15, 0.2) is 36.4 Å². The van der Waals surface area contributed by atoms with E-state index in [0.717, 1.165) is 5.56 Å². The van der Waals surface area contributed by atoms with Crippen molar-refractivity contribution in [3.05, 3.63) is 57.8 Å². The third-order valence-corrected chi connectivity index (χ3v) is 3.34. The second kappa shape index (κ2) is 6.44. The van der Waals surface area contributed by atoms with Crippen LogP contribution in [0.2, 0.25) is 10.0 Å². The molecule has 1 atom stereocenters. The summed E-state index contributed by atoms with van der Waals surface area (Å²) in [6.45, 7) is 1.92. The number of hydrogen-bond donors (Lipinski definition) is 1. The van der Waals surface area contributed by atoms with Gasteiger partial charge in [0, 0.05) is 11.1 Å². The first-order valence-electron chi connectivity index (χ1n) is 6.12. The Balaban J connectivity index is 2.20. The number of ether oxygens (including phenoxy) is 1. The van der Waals surface area contributed by atoms with Gasteiger partial charge in [-0.1, -0.05) is 29.3 Å². The van der Waals surface area contributed by atoms with Crippen molar-refractivity contribution < 1.29 is 9.13 Å². The van der Waals surface area contributed by atoms with E-state index in [1.165, 1.54) is 18.2 Å². The Kier molecular flexibility index (Phi) is 4.86. The lowest BCUT2D eigenvalue weighted by Crippen LogP contribution is -2.17. The van der Waals surface area contributed by atoms with E-state index in [4.69, 9.17) is 33.7 Å². The third kappa shape index (κ3) is 3.85. The molecule has 0 aliphatic rings. The average Bonchev–Trinajstić information content (AvgIpc) is 2.36. The highest BCUT2D eigenvalue weighted by atomic mass is 35.5. The second-order valence-electron chi connectivity index (χ2n) is 4.61. The second-order valence-corrected chi connectivity index (χ2v) is 5.43. The Hall–Kier alpha value is -1.29. The van der Waals surface area contributed by atoms with Gasteiger partial charge in [0.1, 0.15) is 17.3 Å². The molecule has 2 rings (SSSR count). The summed E-state index contributed by atoms with van der Waals surface area (Å²) < 4.78 is 18.5. The fourth-order valence-electron chi connectivity index (χ4n) is 1.79. The summed E-state index contributed by atoms with van der Waals surface area (Å²) in [5.41, 5.74) is 6.70. The molecule has 0 radical (unpaired) electrons. The first-order valence-corrected chi connectivity index (χ1v) is 6.88. The summed E-state index contributed by atoms with van der Waals surface area (Å²) in [6.07, 6.45) is 0.691. The van der Waals surface area contributed by atoms with E-state index in [1.807, 2.05) is 13.0 Å². The number of hydrogen-bond acceptors (Lipinski definition) is 2. The summed E-state index contributed by atoms with van der Waals surface area (Å²) in [6, 6.07) is 9.32. The van der Waals surface area contributed by atoms with Crippen molar-refractivity contribution in [2.75, 3.05) is 0 Å². The van der Waals surface area contributed by atoms with Crippen molar-refractivity contribution in [2.45, 2.75) is 19.4 Å². The summed E-state index contributed by atoms with van der Waals surface area (Å²) in [5, 5.41) is 0.791. The van der Waals surface area contributed by atoms with Gasteiger partial charge in [-0.05, 0) is 49.2 Å². The Bertz CT molecular complexity index is 617. The van der Waals surface area contributed by atoms with E-state index in [2.05, 4.69) is 0 Å². The molecule has 5 heteroatoms. The predicted molar refractivity (Wildman–Crippen MR) is 80.3 cm³/mol. The lowest BCUT2D eigenvalue weighted by Gasteiger charge is -2.11. The molecule has 106 valence electrons. The molecule has 1 unspecified atom stereocenters. The van der Waals surface area contributed by atoms with E-state index in [-0.39, 0.29) is 11.1 Å². The Labute approximate surface area is 127 Å². The fourth-order valence-corrected chi connectivity index (χ4v) is 2.24. The van der Waals surface area contributed by atoms with Crippen LogP contribution in [0.3, 0.4) is 0 Å². The Morgan fingerprint density at radius 2 is 1.90 bits per heavy atom. The number of nitrogens with two attached hydrogens (primary N) is 1. The van der Waals surface area contributed by atoms with Crippen LogP contribution in [0.25, 0.3) is 0 Å². The number of benzene rings is 2. The first kappa shape index (κ1) is 15.1. The summed E-state index contributed by atoms with van der Waals surface area (Å²) >= 11 is 12.1. The first-order chi connectivity index (χ1) is 9.45. The van der Waals surface area contributed by atoms with Crippen LogP contribution >= 0.6 is 23.2 Å². The molecule has 0 spiro atoms. The average molecular weight is 314 g/mol. The molecular formula is C15H14Cl2FNO. The zero-order chi connectivity index (χ0) is 14.7. The molecule has 0 amide bonds. The Morgan fingerprint density at radius 3 is 2.50 bits per heavy atom. The zero-order valence-corrected chi connectivity index (χ0v) is 12.4. The van der Waals surface area contributed by atoms with Gasteiger partial charge in [-0.3, -0.25) is 0 Å². The van der Waals surface area contributed by atoms with Gasteiger partial charge in [0.15, 0.2) is 0 Å². The summed E-state index contributed by atoms with van der Waals surface area (Å²) in [5.74, 6) is 0.508. The quantitative estimate of drug-likeness (QED) is 0.878. The minimum absolute atomic E-state index is 0.0332. The SMILES string of the molecule is CC(N)Cc1ccc(Oc2ccc(F)cc2Cl)cc1Cl. The van der Waals surface area contributed by atoms with Gasteiger partial charge < -0.3 is 10.5 Å². The maximum absolute atomic E-state index is 13.0. The van der Waals surface area contributed by atoms with E-state index in [1.54, 1.807) is 12.1 Å². The van der Waals surface area contributed by atoms with E-state index in [9.17, 15) is 4.39 Å². The van der Waals surface area contributed by atoms with Crippen molar-refractivity contribution in [1.29, 1.82) is 0 Å². The van der Waals surface area contributed by atoms with Gasteiger partial charge in [-0.15, -0.1) is 0 Å². The zero-order valence-electron chi connectivity index (χ0n) is 10.9. The summed E-state index contributed by atoms with van der Waals surface area (Å²) in [7, 11) is 0. The van der Waals surface area contributed by atoms with E-state index < -0.39 is 5.82 Å². The maximum atomic E-state index is 13.0. The van der Waals surface area contributed by atoms with Gasteiger partial charge in [0.2, 0.25) is 0 Å². The van der Waals surface area contributed by atoms with Crippen molar-refractivity contribution in [3.63, 3.8) is 0 Å². The van der Waals surface area contributed by atoms with Gasteiger partial charge in [-0.2, -0.15) is 0 Å². The van der Waals surface area contributed by atoms with Crippen LogP contribution in [-0.2, 0) is 6.42 Å². The molecule has 20 heavy (non-hydrogen) atoms. The molecule has 0 aliphatic carbocycles. The molecule has 0 heterocycles. The van der Waals surface area contributed by atoms with Gasteiger partial charge in [0.25, 0.3) is 0 Å². The predicted octanol–water partition coefficient (Wildman–Crippen LogP) is 4.81. The van der Waals surface area contributed by atoms with E-state index in [0.29, 0.717) is 22.9 Å². The molecule has 0 fully saturated rings. The maximum Gasteiger partial charge on any atom is 0.146 e. The lowest BCUT2D eigenvalue weighted by molar-refractivity contribution is 0.480. The molecule has 2 aromatic rings. The third-order valence-electron chi connectivity index (χ3n) is 2.69. The standard InChI is InChI=1S/C15H14Cl2FNO/c1-9(19)6-10-2-4-12(8-13(10)16)20-15-5-3-11(18)7-14(15)17/h2-5,7-9H,6,19H2,1H3. The number of rotatable bonds is 4. The van der Waals surface area contributed by atoms with Crippen LogP contribution in [0.4, 0.5) is 4.39 Å². The van der Waals surface area contributed by atoms with Crippen molar-refractivity contribution in [3.8, 4) is 11.5 Å². The molecule has 0 saturated carbocycles. The van der Waals surface area contributed by atoms with Gasteiger partial charge >= 0.3 is 0 Å². The van der Waals surface area contributed by atoms with Crippen LogP contribution in [0.1, 0.15) is 12.5 Å². The highest BCUT2D eigenvalue weighted by Gasteiger charge is 2.08. The smallest absolute Gasteiger partial charge is 0.146 e. The topological polar surface area (TPSA) is 35.2 Å². The molecule has 0 bridgehead atoms. The van der Waals surface area contributed by atoms with Crippen molar-refractivity contribution >= 4 is 23.2 Å².